The fourth-order valence-corrected chi connectivity index (χ4v) is 3.28. The van der Waals surface area contributed by atoms with Gasteiger partial charge in [0.2, 0.25) is 0 Å². The largest absolute Gasteiger partial charge is 0.368 e. The Hall–Kier alpha value is -1.02. The third kappa shape index (κ3) is 2.94. The van der Waals surface area contributed by atoms with Gasteiger partial charge in [0.1, 0.15) is 0 Å². The first kappa shape index (κ1) is 14.4. The maximum Gasteiger partial charge on any atom is 0.0401 e. The van der Waals surface area contributed by atoms with Gasteiger partial charge in [-0.25, -0.2) is 0 Å². The van der Waals surface area contributed by atoms with Gasteiger partial charge in [-0.05, 0) is 56.8 Å². The van der Waals surface area contributed by atoms with Crippen LogP contribution in [-0.4, -0.2) is 25.2 Å². The average molecular weight is 260 g/mol. The molecular formula is C17H28N2. The van der Waals surface area contributed by atoms with E-state index in [2.05, 4.69) is 63.0 Å². The zero-order valence-electron chi connectivity index (χ0n) is 13.0. The molecule has 0 amide bonds. The molecule has 1 heterocycles. The van der Waals surface area contributed by atoms with Crippen molar-refractivity contribution in [2.24, 2.45) is 5.92 Å². The lowest BCUT2D eigenvalue weighted by Crippen LogP contribution is -2.53. The lowest BCUT2D eigenvalue weighted by molar-refractivity contribution is 0.274. The number of rotatable bonds is 3. The topological polar surface area (TPSA) is 15.3 Å². The molecule has 3 atom stereocenters. The van der Waals surface area contributed by atoms with E-state index in [1.165, 1.54) is 23.2 Å². The van der Waals surface area contributed by atoms with Crippen LogP contribution in [0.15, 0.2) is 18.2 Å². The number of hydrogen-bond donors (Lipinski definition) is 1. The van der Waals surface area contributed by atoms with Crippen LogP contribution in [0.4, 0.5) is 5.69 Å². The van der Waals surface area contributed by atoms with Crippen molar-refractivity contribution in [3.63, 3.8) is 0 Å². The van der Waals surface area contributed by atoms with Gasteiger partial charge < -0.3 is 10.2 Å². The van der Waals surface area contributed by atoms with Crippen LogP contribution in [-0.2, 0) is 0 Å². The Kier molecular flexibility index (Phi) is 4.51. The standard InChI is InChI=1S/C17H28N2/c1-6-18-16-9-10-19(15(5)14(16)4)17-11-12(2)7-8-13(17)3/h7-8,11,14-16,18H,6,9-10H2,1-5H3. The summed E-state index contributed by atoms with van der Waals surface area (Å²) in [7, 11) is 0. The van der Waals surface area contributed by atoms with Crippen molar-refractivity contribution in [1.82, 2.24) is 5.32 Å². The summed E-state index contributed by atoms with van der Waals surface area (Å²) < 4.78 is 0. The molecule has 0 aliphatic carbocycles. The number of nitrogens with zero attached hydrogens (tertiary/aromatic N) is 1. The van der Waals surface area contributed by atoms with E-state index in [1.807, 2.05) is 0 Å². The summed E-state index contributed by atoms with van der Waals surface area (Å²) in [6, 6.07) is 8.06. The molecule has 106 valence electrons. The normalized spacial score (nSPS) is 27.6. The van der Waals surface area contributed by atoms with Gasteiger partial charge in [0.15, 0.2) is 0 Å². The lowest BCUT2D eigenvalue weighted by atomic mass is 9.86. The molecule has 1 saturated heterocycles. The van der Waals surface area contributed by atoms with Gasteiger partial charge in [0, 0.05) is 24.3 Å². The van der Waals surface area contributed by atoms with Gasteiger partial charge in [-0.15, -0.1) is 0 Å². The second-order valence-corrected chi connectivity index (χ2v) is 6.04. The second kappa shape index (κ2) is 5.96. The van der Waals surface area contributed by atoms with Crippen LogP contribution in [0.2, 0.25) is 0 Å². The Morgan fingerprint density at radius 2 is 2.00 bits per heavy atom. The van der Waals surface area contributed by atoms with Crippen LogP contribution in [0.25, 0.3) is 0 Å². The molecule has 0 aromatic heterocycles. The van der Waals surface area contributed by atoms with Crippen molar-refractivity contribution in [3.8, 4) is 0 Å². The minimum Gasteiger partial charge on any atom is -0.368 e. The Morgan fingerprint density at radius 3 is 2.68 bits per heavy atom. The van der Waals surface area contributed by atoms with Gasteiger partial charge >= 0.3 is 0 Å². The number of hydrogen-bond acceptors (Lipinski definition) is 2. The highest BCUT2D eigenvalue weighted by Gasteiger charge is 2.32. The molecular weight excluding hydrogens is 232 g/mol. The Balaban J connectivity index is 2.20. The smallest absolute Gasteiger partial charge is 0.0401 e. The maximum atomic E-state index is 3.64. The Labute approximate surface area is 118 Å². The summed E-state index contributed by atoms with van der Waals surface area (Å²) in [6.07, 6.45) is 1.24. The van der Waals surface area contributed by atoms with Gasteiger partial charge in [-0.1, -0.05) is 26.0 Å². The number of nitrogens with one attached hydrogen (secondary N) is 1. The number of aryl methyl sites for hydroxylation is 2. The molecule has 3 unspecified atom stereocenters. The summed E-state index contributed by atoms with van der Waals surface area (Å²) in [5.74, 6) is 0.689. The molecule has 0 radical (unpaired) electrons. The Bertz CT molecular complexity index is 427. The fraction of sp³-hybridized carbons (Fsp3) is 0.647. The summed E-state index contributed by atoms with van der Waals surface area (Å²) in [5, 5.41) is 3.64. The first-order chi connectivity index (χ1) is 9.04. The van der Waals surface area contributed by atoms with Crippen molar-refractivity contribution in [1.29, 1.82) is 0 Å². The second-order valence-electron chi connectivity index (χ2n) is 6.04. The van der Waals surface area contributed by atoms with Gasteiger partial charge in [-0.2, -0.15) is 0 Å². The van der Waals surface area contributed by atoms with Crippen molar-refractivity contribution < 1.29 is 0 Å². The molecule has 2 nitrogen and oxygen atoms in total. The number of benzene rings is 1. The van der Waals surface area contributed by atoms with E-state index in [0.717, 1.165) is 13.1 Å². The SMILES string of the molecule is CCNC1CCN(c2cc(C)ccc2C)C(C)C1C. The highest BCUT2D eigenvalue weighted by atomic mass is 15.2. The summed E-state index contributed by atoms with van der Waals surface area (Å²) in [4.78, 5) is 2.60. The summed E-state index contributed by atoms with van der Waals surface area (Å²) >= 11 is 0. The van der Waals surface area contributed by atoms with E-state index in [-0.39, 0.29) is 0 Å². The van der Waals surface area contributed by atoms with Crippen molar-refractivity contribution in [3.05, 3.63) is 29.3 Å². The molecule has 0 spiro atoms. The number of anilines is 1. The quantitative estimate of drug-likeness (QED) is 0.894. The van der Waals surface area contributed by atoms with Gasteiger partial charge in [0.05, 0.1) is 0 Å². The maximum absolute atomic E-state index is 3.64. The molecule has 1 aromatic rings. The molecule has 0 bridgehead atoms. The van der Waals surface area contributed by atoms with E-state index < -0.39 is 0 Å². The lowest BCUT2D eigenvalue weighted by Gasteiger charge is -2.45. The van der Waals surface area contributed by atoms with E-state index in [1.54, 1.807) is 0 Å². The molecule has 1 aliphatic rings. The zero-order valence-corrected chi connectivity index (χ0v) is 13.0. The highest BCUT2D eigenvalue weighted by Crippen LogP contribution is 2.31. The molecule has 2 heteroatoms. The third-order valence-electron chi connectivity index (χ3n) is 4.71. The first-order valence-corrected chi connectivity index (χ1v) is 7.62. The fourth-order valence-electron chi connectivity index (χ4n) is 3.28. The van der Waals surface area contributed by atoms with Crippen LogP contribution >= 0.6 is 0 Å². The highest BCUT2D eigenvalue weighted by molar-refractivity contribution is 5.56. The van der Waals surface area contributed by atoms with Gasteiger partial charge in [-0.3, -0.25) is 0 Å². The van der Waals surface area contributed by atoms with Crippen LogP contribution < -0.4 is 10.2 Å². The summed E-state index contributed by atoms with van der Waals surface area (Å²) in [5.41, 5.74) is 4.18. The van der Waals surface area contributed by atoms with E-state index in [4.69, 9.17) is 0 Å². The Morgan fingerprint density at radius 1 is 1.26 bits per heavy atom. The molecule has 1 aromatic carbocycles. The van der Waals surface area contributed by atoms with E-state index in [0.29, 0.717) is 18.0 Å². The van der Waals surface area contributed by atoms with Gasteiger partial charge in [0.25, 0.3) is 0 Å². The molecule has 0 saturated carbocycles. The van der Waals surface area contributed by atoms with E-state index in [9.17, 15) is 0 Å². The predicted octanol–water partition coefficient (Wildman–Crippen LogP) is 3.52. The van der Waals surface area contributed by atoms with Crippen LogP contribution in [0, 0.1) is 19.8 Å². The minimum absolute atomic E-state index is 0.596. The van der Waals surface area contributed by atoms with Crippen molar-refractivity contribution in [2.45, 2.75) is 53.1 Å². The third-order valence-corrected chi connectivity index (χ3v) is 4.71. The molecule has 19 heavy (non-hydrogen) atoms. The predicted molar refractivity (Wildman–Crippen MR) is 84.0 cm³/mol. The molecule has 1 fully saturated rings. The van der Waals surface area contributed by atoms with Crippen LogP contribution in [0.3, 0.4) is 0 Å². The van der Waals surface area contributed by atoms with Crippen LogP contribution in [0.1, 0.15) is 38.3 Å². The molecule has 2 rings (SSSR count). The van der Waals surface area contributed by atoms with Crippen molar-refractivity contribution >= 4 is 5.69 Å². The summed E-state index contributed by atoms with van der Waals surface area (Å²) in [6.45, 7) is 13.6. The van der Waals surface area contributed by atoms with E-state index >= 15 is 0 Å². The average Bonchev–Trinajstić information content (AvgIpc) is 2.39. The number of piperidine rings is 1. The first-order valence-electron chi connectivity index (χ1n) is 7.62. The minimum atomic E-state index is 0.596. The zero-order chi connectivity index (χ0) is 14.0. The monoisotopic (exact) mass is 260 g/mol. The van der Waals surface area contributed by atoms with Crippen molar-refractivity contribution in [2.75, 3.05) is 18.0 Å². The molecule has 1 aliphatic heterocycles. The molecule has 1 N–H and O–H groups in total. The van der Waals surface area contributed by atoms with Crippen LogP contribution in [0.5, 0.6) is 0 Å².